The summed E-state index contributed by atoms with van der Waals surface area (Å²) in [6.07, 6.45) is 12.2. The zero-order chi connectivity index (χ0) is 22.7. The molecule has 172 valence electrons. The molecule has 1 saturated heterocycles. The highest BCUT2D eigenvalue weighted by molar-refractivity contribution is 7.94. The van der Waals surface area contributed by atoms with Crippen LogP contribution in [0.4, 0.5) is 5.82 Å². The molecule has 0 bridgehead atoms. The van der Waals surface area contributed by atoms with Crippen LogP contribution in [0.1, 0.15) is 26.2 Å². The monoisotopic (exact) mass is 460 g/mol. The second-order valence-corrected chi connectivity index (χ2v) is 10.1. The van der Waals surface area contributed by atoms with Gasteiger partial charge >= 0.3 is 5.97 Å². The van der Waals surface area contributed by atoms with Crippen molar-refractivity contribution in [1.82, 2.24) is 14.9 Å². The lowest BCUT2D eigenvalue weighted by atomic mass is 10.0. The summed E-state index contributed by atoms with van der Waals surface area (Å²) in [5.74, 6) is 1.02. The summed E-state index contributed by atoms with van der Waals surface area (Å²) in [6, 6.07) is 1.82. The summed E-state index contributed by atoms with van der Waals surface area (Å²) < 4.78 is 34.8. The van der Waals surface area contributed by atoms with E-state index in [1.54, 1.807) is 19.1 Å². The van der Waals surface area contributed by atoms with E-state index in [-0.39, 0.29) is 18.1 Å². The molecule has 3 aliphatic rings. The first-order valence-corrected chi connectivity index (χ1v) is 12.7. The third-order valence-electron chi connectivity index (χ3n) is 5.80. The van der Waals surface area contributed by atoms with E-state index < -0.39 is 9.84 Å². The maximum absolute atomic E-state index is 11.8. The van der Waals surface area contributed by atoms with E-state index in [0.29, 0.717) is 36.2 Å². The highest BCUT2D eigenvalue weighted by Crippen LogP contribution is 2.34. The Morgan fingerprint density at radius 3 is 2.75 bits per heavy atom. The number of nitrogens with zero attached hydrogens (tertiary/aromatic N) is 4. The molecule has 32 heavy (non-hydrogen) atoms. The van der Waals surface area contributed by atoms with Gasteiger partial charge in [-0.25, -0.2) is 18.4 Å². The van der Waals surface area contributed by atoms with Gasteiger partial charge in [-0.3, -0.25) is 9.69 Å². The number of rotatable bonds is 7. The fourth-order valence-corrected chi connectivity index (χ4v) is 4.91. The minimum absolute atomic E-state index is 0.00867. The van der Waals surface area contributed by atoms with Crippen molar-refractivity contribution >= 4 is 21.6 Å². The van der Waals surface area contributed by atoms with Crippen LogP contribution >= 0.6 is 0 Å². The Morgan fingerprint density at radius 2 is 2.03 bits per heavy atom. The number of fused-ring (bicyclic) bond motifs is 1. The molecule has 1 aromatic heterocycles. The van der Waals surface area contributed by atoms with Crippen LogP contribution in [0, 0.1) is 0 Å². The van der Waals surface area contributed by atoms with Gasteiger partial charge in [0.05, 0.1) is 24.1 Å². The number of carbonyl (C=O) groups excluding carboxylic acids is 1. The molecule has 1 atom stereocenters. The normalized spacial score (nSPS) is 21.7. The average molecular weight is 461 g/mol. The van der Waals surface area contributed by atoms with Gasteiger partial charge in [0, 0.05) is 31.6 Å². The minimum Gasteiger partial charge on any atom is -0.474 e. The molecule has 1 aliphatic carbocycles. The Kier molecular flexibility index (Phi) is 6.61. The number of hydrogen-bond donors (Lipinski definition) is 0. The summed E-state index contributed by atoms with van der Waals surface area (Å²) >= 11 is 0. The molecule has 10 heteroatoms. The van der Waals surface area contributed by atoms with Gasteiger partial charge in [0.25, 0.3) is 0 Å². The van der Waals surface area contributed by atoms with Crippen molar-refractivity contribution in [3.8, 4) is 5.88 Å². The van der Waals surface area contributed by atoms with E-state index in [0.717, 1.165) is 31.5 Å². The van der Waals surface area contributed by atoms with Gasteiger partial charge in [-0.2, -0.15) is 0 Å². The van der Waals surface area contributed by atoms with Crippen LogP contribution in [0.15, 0.2) is 47.3 Å². The first-order chi connectivity index (χ1) is 15.3. The molecular formula is C22H28N4O5S. The lowest BCUT2D eigenvalue weighted by Crippen LogP contribution is -2.41. The van der Waals surface area contributed by atoms with Gasteiger partial charge in [0.2, 0.25) is 5.88 Å². The third kappa shape index (κ3) is 5.18. The van der Waals surface area contributed by atoms with E-state index in [1.165, 1.54) is 12.6 Å². The predicted octanol–water partition coefficient (Wildman–Crippen LogP) is 1.84. The van der Waals surface area contributed by atoms with Crippen molar-refractivity contribution in [2.24, 2.45) is 0 Å². The van der Waals surface area contributed by atoms with Gasteiger partial charge in [0.15, 0.2) is 9.84 Å². The summed E-state index contributed by atoms with van der Waals surface area (Å²) in [4.78, 5) is 24.8. The van der Waals surface area contributed by atoms with Crippen LogP contribution < -0.4 is 9.64 Å². The lowest BCUT2D eigenvalue weighted by Gasteiger charge is -2.31. The summed E-state index contributed by atoms with van der Waals surface area (Å²) in [6.45, 7) is 4.05. The topological polar surface area (TPSA) is 102 Å². The zero-order valence-electron chi connectivity index (χ0n) is 18.3. The van der Waals surface area contributed by atoms with E-state index in [4.69, 9.17) is 9.47 Å². The maximum atomic E-state index is 11.8. The molecule has 0 spiro atoms. The average Bonchev–Trinajstić information content (AvgIpc) is 3.18. The molecule has 0 N–H and O–H groups in total. The smallest absolute Gasteiger partial charge is 0.320 e. The molecular weight excluding hydrogens is 432 g/mol. The number of sulfone groups is 1. The second-order valence-electron chi connectivity index (χ2n) is 8.11. The molecule has 9 nitrogen and oxygen atoms in total. The first-order valence-electron chi connectivity index (χ1n) is 10.8. The van der Waals surface area contributed by atoms with E-state index >= 15 is 0 Å². The Labute approximate surface area is 188 Å². The van der Waals surface area contributed by atoms with Crippen LogP contribution in [0.5, 0.6) is 5.88 Å². The molecule has 1 unspecified atom stereocenters. The van der Waals surface area contributed by atoms with Crippen LogP contribution in [-0.4, -0.2) is 73.9 Å². The number of carbonyl (C=O) groups is 1. The second kappa shape index (κ2) is 9.41. The number of likely N-dealkylation sites (tertiary alicyclic amines) is 1. The maximum Gasteiger partial charge on any atom is 0.320 e. The quantitative estimate of drug-likeness (QED) is 0.564. The number of ether oxygens (including phenoxy) is 2. The van der Waals surface area contributed by atoms with Crippen molar-refractivity contribution < 1.29 is 22.7 Å². The van der Waals surface area contributed by atoms with Crippen LogP contribution in [0.2, 0.25) is 0 Å². The SMILES string of the molecule is CCOC(=O)CN1CCC(Oc2cc(N3C=CC4=CC(S(C)(=O)=O)=CCC43)ncn2)CC1. The minimum atomic E-state index is -3.23. The predicted molar refractivity (Wildman–Crippen MR) is 120 cm³/mol. The number of hydrogen-bond acceptors (Lipinski definition) is 9. The van der Waals surface area contributed by atoms with Crippen LogP contribution in [-0.2, 0) is 19.4 Å². The molecule has 1 aromatic rings. The largest absolute Gasteiger partial charge is 0.474 e. The zero-order valence-corrected chi connectivity index (χ0v) is 19.1. The number of anilines is 1. The van der Waals surface area contributed by atoms with Crippen molar-refractivity contribution in [3.63, 3.8) is 0 Å². The van der Waals surface area contributed by atoms with Crippen molar-refractivity contribution in [2.75, 3.05) is 37.4 Å². The standard InChI is InChI=1S/C22H28N4O5S/c1-3-30-22(27)14-25-9-7-17(8-10-25)31-21-13-20(23-15-24-21)26-11-6-16-12-18(32(2,28)29)4-5-19(16)26/h4,6,11-13,15,17,19H,3,5,7-10,14H2,1-2H3. The molecule has 0 radical (unpaired) electrons. The molecule has 0 amide bonds. The lowest BCUT2D eigenvalue weighted by molar-refractivity contribution is -0.144. The Bertz CT molecular complexity index is 1060. The Hall–Kier alpha value is -2.72. The Balaban J connectivity index is 1.36. The van der Waals surface area contributed by atoms with E-state index in [9.17, 15) is 13.2 Å². The van der Waals surface area contributed by atoms with Gasteiger partial charge in [-0.1, -0.05) is 6.08 Å². The van der Waals surface area contributed by atoms with E-state index in [1.807, 2.05) is 23.2 Å². The fraction of sp³-hybridized carbons (Fsp3) is 0.500. The molecule has 0 aromatic carbocycles. The summed E-state index contributed by atoms with van der Waals surface area (Å²) in [5.41, 5.74) is 0.947. The molecule has 4 rings (SSSR count). The summed E-state index contributed by atoms with van der Waals surface area (Å²) in [5, 5.41) is 0. The Morgan fingerprint density at radius 1 is 1.25 bits per heavy atom. The van der Waals surface area contributed by atoms with Crippen molar-refractivity contribution in [2.45, 2.75) is 38.3 Å². The van der Waals surface area contributed by atoms with Gasteiger partial charge in [-0.05, 0) is 43.9 Å². The highest BCUT2D eigenvalue weighted by atomic mass is 32.2. The van der Waals surface area contributed by atoms with E-state index in [2.05, 4.69) is 14.9 Å². The van der Waals surface area contributed by atoms with Crippen molar-refractivity contribution in [3.05, 3.63) is 47.3 Å². The molecule has 0 saturated carbocycles. The first kappa shape index (κ1) is 22.5. The van der Waals surface area contributed by atoms with Crippen molar-refractivity contribution in [1.29, 1.82) is 0 Å². The molecule has 3 heterocycles. The van der Waals surface area contributed by atoms with Gasteiger partial charge in [0.1, 0.15) is 18.2 Å². The number of aromatic nitrogens is 2. The number of esters is 1. The van der Waals surface area contributed by atoms with Gasteiger partial charge in [-0.15, -0.1) is 0 Å². The molecule has 2 aliphatic heterocycles. The van der Waals surface area contributed by atoms with Gasteiger partial charge < -0.3 is 14.4 Å². The van der Waals surface area contributed by atoms with Crippen LogP contribution in [0.3, 0.4) is 0 Å². The third-order valence-corrected chi connectivity index (χ3v) is 6.94. The molecule has 1 fully saturated rings. The fourth-order valence-electron chi connectivity index (χ4n) is 4.16. The number of piperidine rings is 1. The van der Waals surface area contributed by atoms with Crippen LogP contribution in [0.25, 0.3) is 0 Å². The number of allylic oxidation sites excluding steroid dienone is 1. The highest BCUT2D eigenvalue weighted by Gasteiger charge is 2.30. The summed E-state index contributed by atoms with van der Waals surface area (Å²) in [7, 11) is -3.23.